The molecule has 0 heterocycles. The Bertz CT molecular complexity index is 123. The van der Waals surface area contributed by atoms with E-state index in [4.69, 9.17) is 4.74 Å². The molecule has 0 aliphatic heterocycles. The fourth-order valence-electron chi connectivity index (χ4n) is 0.972. The first-order valence-corrected chi connectivity index (χ1v) is 5.20. The van der Waals surface area contributed by atoms with Gasteiger partial charge in [-0.25, -0.2) is 0 Å². The van der Waals surface area contributed by atoms with Crippen LogP contribution in [0.25, 0.3) is 0 Å². The summed E-state index contributed by atoms with van der Waals surface area (Å²) in [6.45, 7) is 11.9. The number of hydrogen-bond donors (Lipinski definition) is 1. The Morgan fingerprint density at radius 3 is 2.69 bits per heavy atom. The molecule has 2 nitrogen and oxygen atoms in total. The standard InChI is InChI=1S/C11H23NO/c1-4-9-13-10-5-7-12-8-6-11(2)3/h12H,2,4-10H2,1,3H3. The van der Waals surface area contributed by atoms with Crippen molar-refractivity contribution in [1.29, 1.82) is 0 Å². The summed E-state index contributed by atoms with van der Waals surface area (Å²) in [4.78, 5) is 0. The van der Waals surface area contributed by atoms with Gasteiger partial charge in [0.1, 0.15) is 0 Å². The summed E-state index contributed by atoms with van der Waals surface area (Å²) in [5, 5.41) is 3.35. The van der Waals surface area contributed by atoms with Crippen LogP contribution in [0.5, 0.6) is 0 Å². The molecule has 0 unspecified atom stereocenters. The lowest BCUT2D eigenvalue weighted by Gasteiger charge is -2.04. The minimum Gasteiger partial charge on any atom is -0.381 e. The highest BCUT2D eigenvalue weighted by Crippen LogP contribution is 1.92. The molecule has 0 bridgehead atoms. The lowest BCUT2D eigenvalue weighted by molar-refractivity contribution is 0.132. The highest BCUT2D eigenvalue weighted by Gasteiger charge is 1.89. The SMILES string of the molecule is C=C(C)CCNCCCOCCC. The maximum atomic E-state index is 5.35. The Hall–Kier alpha value is -0.340. The zero-order valence-corrected chi connectivity index (χ0v) is 9.07. The van der Waals surface area contributed by atoms with Gasteiger partial charge in [0.15, 0.2) is 0 Å². The summed E-state index contributed by atoms with van der Waals surface area (Å²) in [6.07, 6.45) is 3.30. The highest BCUT2D eigenvalue weighted by molar-refractivity contribution is 4.87. The molecule has 0 spiro atoms. The smallest absolute Gasteiger partial charge is 0.0478 e. The van der Waals surface area contributed by atoms with Crippen molar-refractivity contribution in [1.82, 2.24) is 5.32 Å². The van der Waals surface area contributed by atoms with Crippen molar-refractivity contribution in [3.8, 4) is 0 Å². The van der Waals surface area contributed by atoms with Crippen molar-refractivity contribution >= 4 is 0 Å². The monoisotopic (exact) mass is 185 g/mol. The average Bonchev–Trinajstić information content (AvgIpc) is 2.09. The number of hydrogen-bond acceptors (Lipinski definition) is 2. The second-order valence-electron chi connectivity index (χ2n) is 3.42. The van der Waals surface area contributed by atoms with E-state index in [9.17, 15) is 0 Å². The molecule has 2 heteroatoms. The van der Waals surface area contributed by atoms with E-state index in [1.54, 1.807) is 0 Å². The van der Waals surface area contributed by atoms with E-state index in [0.29, 0.717) is 0 Å². The number of nitrogens with one attached hydrogen (secondary N) is 1. The lowest BCUT2D eigenvalue weighted by Crippen LogP contribution is -2.18. The Morgan fingerprint density at radius 1 is 1.31 bits per heavy atom. The van der Waals surface area contributed by atoms with E-state index >= 15 is 0 Å². The van der Waals surface area contributed by atoms with Gasteiger partial charge in [0.05, 0.1) is 0 Å². The van der Waals surface area contributed by atoms with Crippen LogP contribution in [0.2, 0.25) is 0 Å². The first-order chi connectivity index (χ1) is 6.27. The molecule has 78 valence electrons. The van der Waals surface area contributed by atoms with Crippen molar-refractivity contribution in [2.75, 3.05) is 26.3 Å². The summed E-state index contributed by atoms with van der Waals surface area (Å²) in [6, 6.07) is 0. The van der Waals surface area contributed by atoms with Crippen molar-refractivity contribution in [3.63, 3.8) is 0 Å². The van der Waals surface area contributed by atoms with Crippen molar-refractivity contribution in [3.05, 3.63) is 12.2 Å². The van der Waals surface area contributed by atoms with E-state index < -0.39 is 0 Å². The summed E-state index contributed by atoms with van der Waals surface area (Å²) in [7, 11) is 0. The molecule has 0 radical (unpaired) electrons. The molecular weight excluding hydrogens is 162 g/mol. The molecular formula is C11H23NO. The van der Waals surface area contributed by atoms with Gasteiger partial charge in [0.25, 0.3) is 0 Å². The molecule has 0 fully saturated rings. The van der Waals surface area contributed by atoms with Crippen LogP contribution in [0.15, 0.2) is 12.2 Å². The van der Waals surface area contributed by atoms with E-state index in [0.717, 1.165) is 45.6 Å². The van der Waals surface area contributed by atoms with E-state index in [-0.39, 0.29) is 0 Å². The Balaban J connectivity index is 2.87. The van der Waals surface area contributed by atoms with Gasteiger partial charge < -0.3 is 10.1 Å². The highest BCUT2D eigenvalue weighted by atomic mass is 16.5. The maximum Gasteiger partial charge on any atom is 0.0478 e. The summed E-state index contributed by atoms with van der Waals surface area (Å²) in [5.74, 6) is 0. The molecule has 0 aromatic heterocycles. The Morgan fingerprint density at radius 2 is 2.08 bits per heavy atom. The van der Waals surface area contributed by atoms with Gasteiger partial charge in [0, 0.05) is 13.2 Å². The molecule has 0 rings (SSSR count). The fraction of sp³-hybridized carbons (Fsp3) is 0.818. The third-order valence-corrected chi connectivity index (χ3v) is 1.72. The van der Waals surface area contributed by atoms with Crippen molar-refractivity contribution in [2.45, 2.75) is 33.1 Å². The molecule has 0 aliphatic rings. The fourth-order valence-corrected chi connectivity index (χ4v) is 0.972. The molecule has 0 atom stereocenters. The van der Waals surface area contributed by atoms with Crippen LogP contribution in [0, 0.1) is 0 Å². The van der Waals surface area contributed by atoms with E-state index in [2.05, 4.69) is 25.7 Å². The van der Waals surface area contributed by atoms with Gasteiger partial charge in [-0.05, 0) is 39.3 Å². The van der Waals surface area contributed by atoms with Gasteiger partial charge in [-0.3, -0.25) is 0 Å². The summed E-state index contributed by atoms with van der Waals surface area (Å²) >= 11 is 0. The largest absolute Gasteiger partial charge is 0.381 e. The van der Waals surface area contributed by atoms with Crippen LogP contribution in [-0.2, 0) is 4.74 Å². The molecule has 13 heavy (non-hydrogen) atoms. The van der Waals surface area contributed by atoms with Crippen LogP contribution in [0.4, 0.5) is 0 Å². The third kappa shape index (κ3) is 11.7. The molecule has 0 aromatic rings. The second-order valence-corrected chi connectivity index (χ2v) is 3.42. The van der Waals surface area contributed by atoms with E-state index in [1.807, 2.05) is 0 Å². The summed E-state index contributed by atoms with van der Waals surface area (Å²) in [5.41, 5.74) is 1.25. The van der Waals surface area contributed by atoms with Gasteiger partial charge in [-0.1, -0.05) is 12.5 Å². The lowest BCUT2D eigenvalue weighted by atomic mass is 10.2. The van der Waals surface area contributed by atoms with Crippen LogP contribution < -0.4 is 5.32 Å². The average molecular weight is 185 g/mol. The molecule has 1 N–H and O–H groups in total. The Kier molecular flexibility index (Phi) is 9.49. The first-order valence-electron chi connectivity index (χ1n) is 5.20. The molecule has 0 saturated carbocycles. The van der Waals surface area contributed by atoms with Crippen molar-refractivity contribution in [2.24, 2.45) is 0 Å². The van der Waals surface area contributed by atoms with E-state index in [1.165, 1.54) is 5.57 Å². The predicted octanol–water partition coefficient (Wildman–Crippen LogP) is 2.36. The minimum atomic E-state index is 0.883. The normalized spacial score (nSPS) is 10.3. The quantitative estimate of drug-likeness (QED) is 0.440. The van der Waals surface area contributed by atoms with Gasteiger partial charge in [0.2, 0.25) is 0 Å². The van der Waals surface area contributed by atoms with Crippen LogP contribution in [-0.4, -0.2) is 26.3 Å². The predicted molar refractivity (Wildman–Crippen MR) is 58.0 cm³/mol. The molecule has 0 saturated heterocycles. The maximum absolute atomic E-state index is 5.35. The molecule has 0 amide bonds. The van der Waals surface area contributed by atoms with Gasteiger partial charge in [-0.15, -0.1) is 6.58 Å². The first kappa shape index (κ1) is 12.7. The summed E-state index contributed by atoms with van der Waals surface area (Å²) < 4.78 is 5.35. The number of rotatable bonds is 9. The topological polar surface area (TPSA) is 21.3 Å². The minimum absolute atomic E-state index is 0.883. The third-order valence-electron chi connectivity index (χ3n) is 1.72. The van der Waals surface area contributed by atoms with Gasteiger partial charge in [-0.2, -0.15) is 0 Å². The second kappa shape index (κ2) is 9.75. The molecule has 0 aliphatic carbocycles. The number of ether oxygens (including phenoxy) is 1. The Labute approximate surface area is 82.4 Å². The molecule has 0 aromatic carbocycles. The zero-order chi connectivity index (χ0) is 9.94. The van der Waals surface area contributed by atoms with Crippen LogP contribution in [0.3, 0.4) is 0 Å². The zero-order valence-electron chi connectivity index (χ0n) is 9.07. The van der Waals surface area contributed by atoms with Gasteiger partial charge >= 0.3 is 0 Å². The van der Waals surface area contributed by atoms with Crippen LogP contribution >= 0.6 is 0 Å². The van der Waals surface area contributed by atoms with Crippen LogP contribution in [0.1, 0.15) is 33.1 Å². The van der Waals surface area contributed by atoms with Crippen molar-refractivity contribution < 1.29 is 4.74 Å².